The second kappa shape index (κ2) is 11.3. The maximum absolute atomic E-state index is 13.8. The van der Waals surface area contributed by atoms with E-state index in [0.29, 0.717) is 55.0 Å². The minimum Gasteiger partial charge on any atom is -0.489 e. The van der Waals surface area contributed by atoms with Crippen molar-refractivity contribution in [1.82, 2.24) is 4.57 Å². The molecule has 0 bridgehead atoms. The summed E-state index contributed by atoms with van der Waals surface area (Å²) in [7, 11) is 0. The molecule has 1 aromatic heterocycles. The zero-order chi connectivity index (χ0) is 28.5. The van der Waals surface area contributed by atoms with E-state index in [-0.39, 0.29) is 19.0 Å². The van der Waals surface area contributed by atoms with Crippen LogP contribution in [0.25, 0.3) is 6.08 Å². The van der Waals surface area contributed by atoms with Crippen molar-refractivity contribution in [2.75, 3.05) is 13.4 Å². The van der Waals surface area contributed by atoms with Crippen molar-refractivity contribution in [3.63, 3.8) is 0 Å². The van der Waals surface area contributed by atoms with Gasteiger partial charge in [0, 0.05) is 5.02 Å². The summed E-state index contributed by atoms with van der Waals surface area (Å²) in [5, 5.41) is 0.679. The largest absolute Gasteiger partial charge is 0.489 e. The molecule has 2 aliphatic heterocycles. The minimum absolute atomic E-state index is 0.117. The highest BCUT2D eigenvalue weighted by atomic mass is 35.5. The molecule has 0 spiro atoms. The van der Waals surface area contributed by atoms with Crippen LogP contribution in [0.1, 0.15) is 36.6 Å². The molecular weight excluding hydrogens is 564 g/mol. The first kappa shape index (κ1) is 26.9. The number of allylic oxidation sites excluding steroid dienone is 1. The van der Waals surface area contributed by atoms with E-state index in [9.17, 15) is 9.59 Å². The molecule has 0 aliphatic carbocycles. The van der Waals surface area contributed by atoms with Crippen LogP contribution in [0.4, 0.5) is 0 Å². The quantitative estimate of drug-likeness (QED) is 0.289. The van der Waals surface area contributed by atoms with Crippen LogP contribution in [0.5, 0.6) is 17.2 Å². The summed E-state index contributed by atoms with van der Waals surface area (Å²) in [5.74, 6) is 1.36. The smallest absolute Gasteiger partial charge is 0.338 e. The fourth-order valence-electron chi connectivity index (χ4n) is 4.75. The lowest BCUT2D eigenvalue weighted by Gasteiger charge is -2.24. The Bertz CT molecular complexity index is 1840. The van der Waals surface area contributed by atoms with Gasteiger partial charge in [-0.25, -0.2) is 9.79 Å². The summed E-state index contributed by atoms with van der Waals surface area (Å²) in [6.45, 7) is 4.23. The number of hydrogen-bond acceptors (Lipinski definition) is 8. The molecule has 0 fully saturated rings. The molecule has 10 heteroatoms. The average Bonchev–Trinajstić information content (AvgIpc) is 3.56. The minimum atomic E-state index is -0.731. The highest BCUT2D eigenvalue weighted by Gasteiger charge is 2.34. The molecule has 4 aromatic rings. The monoisotopic (exact) mass is 588 g/mol. The van der Waals surface area contributed by atoms with Crippen LogP contribution in [0.3, 0.4) is 0 Å². The number of thiazole rings is 1. The van der Waals surface area contributed by atoms with E-state index in [0.717, 1.165) is 11.1 Å². The van der Waals surface area contributed by atoms with Crippen molar-refractivity contribution < 1.29 is 23.7 Å². The van der Waals surface area contributed by atoms with Crippen molar-refractivity contribution >= 4 is 35.0 Å². The van der Waals surface area contributed by atoms with E-state index in [1.54, 1.807) is 30.5 Å². The summed E-state index contributed by atoms with van der Waals surface area (Å²) in [4.78, 5) is 32.1. The fourth-order valence-corrected chi connectivity index (χ4v) is 5.92. The van der Waals surface area contributed by atoms with Gasteiger partial charge in [-0.15, -0.1) is 0 Å². The van der Waals surface area contributed by atoms with Crippen LogP contribution in [-0.4, -0.2) is 23.9 Å². The van der Waals surface area contributed by atoms with Crippen LogP contribution >= 0.6 is 22.9 Å². The maximum Gasteiger partial charge on any atom is 0.338 e. The van der Waals surface area contributed by atoms with E-state index in [4.69, 9.17) is 30.5 Å². The lowest BCUT2D eigenvalue weighted by atomic mass is 9.95. The first-order chi connectivity index (χ1) is 19.9. The van der Waals surface area contributed by atoms with E-state index in [1.165, 1.54) is 11.3 Å². The number of aromatic nitrogens is 1. The molecule has 41 heavy (non-hydrogen) atoms. The second-order valence-corrected chi connectivity index (χ2v) is 10.8. The third kappa shape index (κ3) is 5.38. The standard InChI is InChI=1S/C31H25ClN2O6S/c1-3-37-30(36)27-18(2)33-31-34(28(27)21-8-13-24-25(15-21)40-17-39-24)29(35)26(41-31)14-19-6-11-23(12-7-19)38-16-20-4-9-22(32)10-5-20/h4-15,28H,3,16-17H2,1-2H3. The molecule has 0 amide bonds. The molecule has 1 atom stereocenters. The topological polar surface area (TPSA) is 88.4 Å². The third-order valence-corrected chi connectivity index (χ3v) is 7.96. The number of rotatable bonds is 7. The van der Waals surface area contributed by atoms with E-state index < -0.39 is 12.0 Å². The van der Waals surface area contributed by atoms with Crippen LogP contribution < -0.4 is 29.1 Å². The van der Waals surface area contributed by atoms with E-state index >= 15 is 0 Å². The number of halogens is 1. The number of nitrogens with zero attached hydrogens (tertiary/aromatic N) is 2. The first-order valence-electron chi connectivity index (χ1n) is 13.0. The molecule has 3 aromatic carbocycles. The number of fused-ring (bicyclic) bond motifs is 2. The Morgan fingerprint density at radius 1 is 1.10 bits per heavy atom. The predicted molar refractivity (Wildman–Crippen MR) is 155 cm³/mol. The molecule has 0 saturated heterocycles. The fraction of sp³-hybridized carbons (Fsp3) is 0.194. The molecule has 2 aliphatic rings. The van der Waals surface area contributed by atoms with Gasteiger partial charge in [-0.1, -0.05) is 53.3 Å². The van der Waals surface area contributed by atoms with E-state index in [2.05, 4.69) is 4.99 Å². The van der Waals surface area contributed by atoms with Gasteiger partial charge in [0.1, 0.15) is 12.4 Å². The molecule has 0 radical (unpaired) electrons. The van der Waals surface area contributed by atoms with Crippen molar-refractivity contribution in [1.29, 1.82) is 0 Å². The van der Waals surface area contributed by atoms with Gasteiger partial charge in [0.05, 0.1) is 28.5 Å². The maximum atomic E-state index is 13.8. The van der Waals surface area contributed by atoms with Gasteiger partial charge < -0.3 is 18.9 Å². The lowest BCUT2D eigenvalue weighted by Crippen LogP contribution is -2.39. The van der Waals surface area contributed by atoms with Crippen LogP contribution in [0.15, 0.2) is 87.8 Å². The van der Waals surface area contributed by atoms with Crippen molar-refractivity contribution in [2.24, 2.45) is 4.99 Å². The van der Waals surface area contributed by atoms with E-state index in [1.807, 2.05) is 60.7 Å². The predicted octanol–water partition coefficient (Wildman–Crippen LogP) is 4.76. The Kier molecular flexibility index (Phi) is 7.38. The molecule has 208 valence electrons. The highest BCUT2D eigenvalue weighted by Crippen LogP contribution is 2.38. The summed E-state index contributed by atoms with van der Waals surface area (Å²) < 4.78 is 24.3. The highest BCUT2D eigenvalue weighted by molar-refractivity contribution is 7.07. The Labute approximate surface area is 244 Å². The summed E-state index contributed by atoms with van der Waals surface area (Å²) in [5.41, 5.74) is 3.09. The van der Waals surface area contributed by atoms with Gasteiger partial charge >= 0.3 is 5.97 Å². The molecule has 0 N–H and O–H groups in total. The van der Waals surface area contributed by atoms with Crippen molar-refractivity contribution in [2.45, 2.75) is 26.5 Å². The first-order valence-corrected chi connectivity index (χ1v) is 14.2. The van der Waals surface area contributed by atoms with Gasteiger partial charge in [0.2, 0.25) is 6.79 Å². The molecule has 8 nitrogen and oxygen atoms in total. The average molecular weight is 589 g/mol. The van der Waals surface area contributed by atoms with Gasteiger partial charge in [-0.2, -0.15) is 0 Å². The number of carbonyl (C=O) groups is 1. The van der Waals surface area contributed by atoms with Gasteiger partial charge in [0.25, 0.3) is 5.56 Å². The number of hydrogen-bond donors (Lipinski definition) is 0. The second-order valence-electron chi connectivity index (χ2n) is 9.40. The van der Waals surface area contributed by atoms with Crippen LogP contribution in [-0.2, 0) is 16.1 Å². The zero-order valence-electron chi connectivity index (χ0n) is 22.3. The number of ether oxygens (including phenoxy) is 4. The van der Waals surface area contributed by atoms with Crippen LogP contribution in [0, 0.1) is 0 Å². The Morgan fingerprint density at radius 3 is 2.61 bits per heavy atom. The van der Waals surface area contributed by atoms with Crippen molar-refractivity contribution in [3.8, 4) is 17.2 Å². The summed E-state index contributed by atoms with van der Waals surface area (Å²) in [6, 6.07) is 19.7. The third-order valence-electron chi connectivity index (χ3n) is 6.73. The number of benzene rings is 3. The lowest BCUT2D eigenvalue weighted by molar-refractivity contribution is -0.139. The Morgan fingerprint density at radius 2 is 1.85 bits per heavy atom. The molecular formula is C31H25ClN2O6S. The van der Waals surface area contributed by atoms with Gasteiger partial charge in [0.15, 0.2) is 16.3 Å². The van der Waals surface area contributed by atoms with Gasteiger partial charge in [-0.3, -0.25) is 9.36 Å². The SMILES string of the molecule is CCOC(=O)C1=C(C)N=c2sc(=Cc3ccc(OCc4ccc(Cl)cc4)cc3)c(=O)n2C1c1ccc2c(c1)OCO2. The normalized spacial score (nSPS) is 15.9. The van der Waals surface area contributed by atoms with Crippen LogP contribution in [0.2, 0.25) is 5.02 Å². The molecule has 3 heterocycles. The van der Waals surface area contributed by atoms with Gasteiger partial charge in [-0.05, 0) is 73.0 Å². The molecule has 6 rings (SSSR count). The zero-order valence-corrected chi connectivity index (χ0v) is 23.8. The van der Waals surface area contributed by atoms with Crippen molar-refractivity contribution in [3.05, 3.63) is 119 Å². The molecule has 0 saturated carbocycles. The Balaban J connectivity index is 1.35. The summed E-state index contributed by atoms with van der Waals surface area (Å²) >= 11 is 7.22. The summed E-state index contributed by atoms with van der Waals surface area (Å²) in [6.07, 6.45) is 1.81. The number of carbonyl (C=O) groups excluding carboxylic acids is 1. The number of esters is 1. The molecule has 1 unspecified atom stereocenters. The Hall–Kier alpha value is -4.34.